The molecule has 17 heavy (non-hydrogen) atoms. The van der Waals surface area contributed by atoms with Crippen molar-refractivity contribution in [3.05, 3.63) is 11.9 Å². The highest BCUT2D eigenvalue weighted by Gasteiger charge is 2.06. The van der Waals surface area contributed by atoms with Crippen LogP contribution < -0.4 is 10.6 Å². The smallest absolute Gasteiger partial charge is 0.255 e. The zero-order valence-electron chi connectivity index (χ0n) is 9.83. The van der Waals surface area contributed by atoms with Crippen LogP contribution >= 0.6 is 0 Å². The molecule has 96 valence electrons. The Balaban J connectivity index is 2.79. The van der Waals surface area contributed by atoms with E-state index in [1.807, 2.05) is 6.92 Å². The summed E-state index contributed by atoms with van der Waals surface area (Å²) >= 11 is 0. The predicted molar refractivity (Wildman–Crippen MR) is 61.4 cm³/mol. The molecular weight excluding hydrogens is 230 g/mol. The van der Waals surface area contributed by atoms with Crippen LogP contribution in [0.5, 0.6) is 0 Å². The molecule has 7 heteroatoms. The second kappa shape index (κ2) is 6.95. The molecular formula is C10H16F2N4O. The van der Waals surface area contributed by atoms with Gasteiger partial charge in [-0.1, -0.05) is 0 Å². The molecule has 1 rings (SSSR count). The Kier molecular flexibility index (Phi) is 5.55. The highest BCUT2D eigenvalue weighted by Crippen LogP contribution is 2.12. The molecule has 0 fully saturated rings. The number of nitrogens with zero attached hydrogens (tertiary/aromatic N) is 2. The van der Waals surface area contributed by atoms with Gasteiger partial charge in [0.15, 0.2) is 5.82 Å². The number of hydrogen-bond acceptors (Lipinski definition) is 5. The number of halogens is 2. The van der Waals surface area contributed by atoms with Gasteiger partial charge < -0.3 is 15.4 Å². The Labute approximate surface area is 98.6 Å². The van der Waals surface area contributed by atoms with Crippen molar-refractivity contribution < 1.29 is 13.5 Å². The van der Waals surface area contributed by atoms with Gasteiger partial charge in [0.2, 0.25) is 0 Å². The summed E-state index contributed by atoms with van der Waals surface area (Å²) in [5, 5.41) is 5.55. The van der Waals surface area contributed by atoms with E-state index in [0.717, 1.165) is 0 Å². The quantitative estimate of drug-likeness (QED) is 0.767. The third-order valence-corrected chi connectivity index (χ3v) is 1.84. The SMILES string of the molecule is CCNc1cc(NCC(F)F)nc(COC)n1. The van der Waals surface area contributed by atoms with Crippen molar-refractivity contribution in [3.63, 3.8) is 0 Å². The molecule has 0 saturated heterocycles. The molecule has 0 saturated carbocycles. The van der Waals surface area contributed by atoms with Crippen molar-refractivity contribution in [1.29, 1.82) is 0 Å². The van der Waals surface area contributed by atoms with Gasteiger partial charge in [-0.05, 0) is 6.92 Å². The summed E-state index contributed by atoms with van der Waals surface area (Å²) in [6, 6.07) is 1.59. The van der Waals surface area contributed by atoms with E-state index in [9.17, 15) is 8.78 Å². The van der Waals surface area contributed by atoms with Gasteiger partial charge in [0.25, 0.3) is 6.43 Å². The first-order valence-electron chi connectivity index (χ1n) is 5.28. The molecule has 0 aliphatic rings. The number of alkyl halides is 2. The minimum absolute atomic E-state index is 0.239. The predicted octanol–water partition coefficient (Wildman–Crippen LogP) is 1.73. The van der Waals surface area contributed by atoms with Crippen LogP contribution in [0, 0.1) is 0 Å². The molecule has 5 nitrogen and oxygen atoms in total. The molecule has 0 unspecified atom stereocenters. The maximum Gasteiger partial charge on any atom is 0.255 e. The minimum atomic E-state index is -2.42. The normalized spacial score (nSPS) is 10.6. The molecule has 0 bridgehead atoms. The number of rotatable bonds is 7. The summed E-state index contributed by atoms with van der Waals surface area (Å²) in [6.45, 7) is 2.42. The van der Waals surface area contributed by atoms with Gasteiger partial charge in [0.1, 0.15) is 18.2 Å². The third-order valence-electron chi connectivity index (χ3n) is 1.84. The topological polar surface area (TPSA) is 59.1 Å². The second-order valence-electron chi connectivity index (χ2n) is 3.29. The van der Waals surface area contributed by atoms with Crippen LogP contribution in [0.3, 0.4) is 0 Å². The number of hydrogen-bond donors (Lipinski definition) is 2. The average Bonchev–Trinajstić information content (AvgIpc) is 2.27. The molecule has 1 aromatic heterocycles. The fraction of sp³-hybridized carbons (Fsp3) is 0.600. The van der Waals surface area contributed by atoms with Gasteiger partial charge in [-0.3, -0.25) is 0 Å². The lowest BCUT2D eigenvalue weighted by atomic mass is 10.4. The Morgan fingerprint density at radius 1 is 1.29 bits per heavy atom. The van der Waals surface area contributed by atoms with Gasteiger partial charge in [-0.25, -0.2) is 18.7 Å². The number of anilines is 2. The van der Waals surface area contributed by atoms with Crippen LogP contribution in [0.4, 0.5) is 20.4 Å². The zero-order valence-corrected chi connectivity index (χ0v) is 9.83. The number of methoxy groups -OCH3 is 1. The molecule has 0 aromatic carbocycles. The van der Waals surface area contributed by atoms with Crippen LogP contribution in [0.2, 0.25) is 0 Å². The van der Waals surface area contributed by atoms with E-state index in [1.165, 1.54) is 7.11 Å². The summed E-state index contributed by atoms with van der Waals surface area (Å²) in [5.74, 6) is 1.40. The van der Waals surface area contributed by atoms with E-state index in [1.54, 1.807) is 6.07 Å². The van der Waals surface area contributed by atoms with Crippen LogP contribution in [0.1, 0.15) is 12.7 Å². The van der Waals surface area contributed by atoms with E-state index in [0.29, 0.717) is 24.0 Å². The molecule has 0 spiro atoms. The molecule has 0 aliphatic carbocycles. The summed E-state index contributed by atoms with van der Waals surface area (Å²) in [4.78, 5) is 8.22. The molecule has 0 aliphatic heterocycles. The third kappa shape index (κ3) is 4.90. The van der Waals surface area contributed by atoms with Crippen LogP contribution in [0.25, 0.3) is 0 Å². The number of nitrogens with one attached hydrogen (secondary N) is 2. The highest BCUT2D eigenvalue weighted by molar-refractivity contribution is 5.47. The average molecular weight is 246 g/mol. The van der Waals surface area contributed by atoms with E-state index in [-0.39, 0.29) is 6.61 Å². The minimum Gasteiger partial charge on any atom is -0.377 e. The largest absolute Gasteiger partial charge is 0.377 e. The lowest BCUT2D eigenvalue weighted by molar-refractivity contribution is 0.163. The van der Waals surface area contributed by atoms with Crippen molar-refractivity contribution >= 4 is 11.6 Å². The zero-order chi connectivity index (χ0) is 12.7. The van der Waals surface area contributed by atoms with Crippen molar-refractivity contribution in [2.75, 3.05) is 30.8 Å². The van der Waals surface area contributed by atoms with Gasteiger partial charge in [-0.15, -0.1) is 0 Å². The van der Waals surface area contributed by atoms with Gasteiger partial charge in [-0.2, -0.15) is 0 Å². The summed E-state index contributed by atoms with van der Waals surface area (Å²) in [7, 11) is 1.52. The Hall–Kier alpha value is -1.50. The number of ether oxygens (including phenoxy) is 1. The van der Waals surface area contributed by atoms with Gasteiger partial charge in [0.05, 0.1) is 6.54 Å². The van der Waals surface area contributed by atoms with Crippen molar-refractivity contribution in [2.45, 2.75) is 20.0 Å². The monoisotopic (exact) mass is 246 g/mol. The van der Waals surface area contributed by atoms with E-state index in [4.69, 9.17) is 4.74 Å². The van der Waals surface area contributed by atoms with Gasteiger partial charge in [0, 0.05) is 19.7 Å². The van der Waals surface area contributed by atoms with Crippen molar-refractivity contribution in [1.82, 2.24) is 9.97 Å². The standard InChI is InChI=1S/C10H16F2N4O/c1-3-13-8-4-9(14-5-7(11)12)16-10(15-8)6-17-2/h4,7H,3,5-6H2,1-2H3,(H2,13,14,15,16). The summed E-state index contributed by atoms with van der Waals surface area (Å²) < 4.78 is 29.1. The Bertz CT molecular complexity index is 325. The maximum absolute atomic E-state index is 12.1. The van der Waals surface area contributed by atoms with Crippen molar-refractivity contribution in [3.8, 4) is 0 Å². The summed E-state index contributed by atoms with van der Waals surface area (Å²) in [6.07, 6.45) is -2.42. The molecule has 0 radical (unpaired) electrons. The molecule has 1 aromatic rings. The fourth-order valence-corrected chi connectivity index (χ4v) is 1.23. The molecule has 2 N–H and O–H groups in total. The van der Waals surface area contributed by atoms with Gasteiger partial charge >= 0.3 is 0 Å². The molecule has 1 heterocycles. The van der Waals surface area contributed by atoms with Crippen LogP contribution in [-0.4, -0.2) is 36.6 Å². The Morgan fingerprint density at radius 3 is 2.47 bits per heavy atom. The lowest BCUT2D eigenvalue weighted by Gasteiger charge is -2.10. The highest BCUT2D eigenvalue weighted by atomic mass is 19.3. The summed E-state index contributed by atoms with van der Waals surface area (Å²) in [5.41, 5.74) is 0. The maximum atomic E-state index is 12.1. The van der Waals surface area contributed by atoms with E-state index < -0.39 is 13.0 Å². The van der Waals surface area contributed by atoms with Crippen LogP contribution in [-0.2, 0) is 11.3 Å². The first kappa shape index (κ1) is 13.6. The molecule has 0 atom stereocenters. The first-order chi connectivity index (χ1) is 8.15. The lowest BCUT2D eigenvalue weighted by Crippen LogP contribution is -2.13. The molecule has 0 amide bonds. The van der Waals surface area contributed by atoms with Crippen molar-refractivity contribution in [2.24, 2.45) is 0 Å². The first-order valence-corrected chi connectivity index (χ1v) is 5.28. The van der Waals surface area contributed by atoms with Crippen LogP contribution in [0.15, 0.2) is 6.07 Å². The van der Waals surface area contributed by atoms with E-state index >= 15 is 0 Å². The van der Waals surface area contributed by atoms with E-state index in [2.05, 4.69) is 20.6 Å². The Morgan fingerprint density at radius 2 is 1.94 bits per heavy atom. The second-order valence-corrected chi connectivity index (χ2v) is 3.29. The number of aromatic nitrogens is 2. The fourth-order valence-electron chi connectivity index (χ4n) is 1.23.